The number of rotatable bonds is 5. The Balaban J connectivity index is 1.85. The van der Waals surface area contributed by atoms with Crippen molar-refractivity contribution in [1.29, 1.82) is 0 Å². The number of ether oxygens (including phenoxy) is 1. The molecule has 0 aliphatic carbocycles. The molecule has 6 nitrogen and oxygen atoms in total. The van der Waals surface area contributed by atoms with Crippen molar-refractivity contribution < 1.29 is 14.3 Å². The van der Waals surface area contributed by atoms with Crippen LogP contribution in [-0.2, 0) is 16.0 Å². The highest BCUT2D eigenvalue weighted by Crippen LogP contribution is 2.28. The van der Waals surface area contributed by atoms with Crippen molar-refractivity contribution in [2.75, 3.05) is 26.8 Å². The molecule has 0 unspecified atom stereocenters. The van der Waals surface area contributed by atoms with Gasteiger partial charge >= 0.3 is 6.03 Å². The number of hydrogen-bond donors (Lipinski definition) is 2. The first-order valence-electron chi connectivity index (χ1n) is 7.92. The first-order valence-corrected chi connectivity index (χ1v) is 7.92. The van der Waals surface area contributed by atoms with Crippen LogP contribution in [-0.4, -0.2) is 49.7 Å². The Morgan fingerprint density at radius 2 is 2.13 bits per heavy atom. The summed E-state index contributed by atoms with van der Waals surface area (Å²) in [7, 11) is 1.57. The monoisotopic (exact) mass is 319 g/mol. The largest absolute Gasteiger partial charge is 0.383 e. The molecule has 0 saturated carbocycles. The van der Waals surface area contributed by atoms with Crippen molar-refractivity contribution in [2.45, 2.75) is 32.4 Å². The number of amides is 3. The summed E-state index contributed by atoms with van der Waals surface area (Å²) >= 11 is 0. The molecule has 6 heteroatoms. The maximum absolute atomic E-state index is 12.1. The molecule has 1 heterocycles. The fraction of sp³-hybridized carbons (Fsp3) is 0.529. The van der Waals surface area contributed by atoms with Crippen LogP contribution in [0.5, 0.6) is 0 Å². The van der Waals surface area contributed by atoms with Crippen molar-refractivity contribution in [3.8, 4) is 0 Å². The smallest absolute Gasteiger partial charge is 0.321 e. The van der Waals surface area contributed by atoms with Gasteiger partial charge in [0.05, 0.1) is 19.2 Å². The molecular formula is C17H25N3O3. The van der Waals surface area contributed by atoms with E-state index in [1.807, 2.05) is 19.1 Å². The molecule has 2 N–H and O–H groups in total. The number of imide groups is 1. The van der Waals surface area contributed by atoms with Gasteiger partial charge in [-0.1, -0.05) is 24.3 Å². The third kappa shape index (κ3) is 4.77. The van der Waals surface area contributed by atoms with Crippen LogP contribution in [0.15, 0.2) is 24.3 Å². The molecule has 0 fully saturated rings. The number of benzene rings is 1. The number of carbonyl (C=O) groups excluding carboxylic acids is 2. The van der Waals surface area contributed by atoms with Gasteiger partial charge in [0.25, 0.3) is 0 Å². The van der Waals surface area contributed by atoms with Crippen LogP contribution in [0.3, 0.4) is 0 Å². The Bertz CT molecular complexity index is 562. The highest BCUT2D eigenvalue weighted by Gasteiger charge is 2.25. The van der Waals surface area contributed by atoms with Crippen molar-refractivity contribution in [3.63, 3.8) is 0 Å². The second kappa shape index (κ2) is 8.08. The third-order valence-electron chi connectivity index (χ3n) is 4.12. The van der Waals surface area contributed by atoms with E-state index in [9.17, 15) is 9.59 Å². The molecule has 1 aromatic rings. The van der Waals surface area contributed by atoms with Crippen LogP contribution in [0.4, 0.5) is 4.79 Å². The fourth-order valence-electron chi connectivity index (χ4n) is 2.94. The highest BCUT2D eigenvalue weighted by molar-refractivity contribution is 5.95. The standard InChI is InChI=1S/C17H25N3O3/c1-12(11-23-3)18-17(22)19-16(21)10-20-9-8-14-6-4-5-7-15(14)13(20)2/h4-7,12-13H,8-11H2,1-3H3,(H2,18,19,21,22)/t12-,13-/m0/s1. The van der Waals surface area contributed by atoms with Crippen molar-refractivity contribution in [3.05, 3.63) is 35.4 Å². The second-order valence-corrected chi connectivity index (χ2v) is 5.97. The predicted molar refractivity (Wildman–Crippen MR) is 88.1 cm³/mol. The molecule has 0 saturated heterocycles. The zero-order valence-corrected chi connectivity index (χ0v) is 14.0. The molecule has 0 spiro atoms. The van der Waals surface area contributed by atoms with Gasteiger partial charge in [-0.2, -0.15) is 0 Å². The van der Waals surface area contributed by atoms with E-state index in [-0.39, 0.29) is 24.5 Å². The molecule has 0 bridgehead atoms. The van der Waals surface area contributed by atoms with Gasteiger partial charge < -0.3 is 10.1 Å². The number of carbonyl (C=O) groups is 2. The van der Waals surface area contributed by atoms with Crippen LogP contribution in [0.1, 0.15) is 31.0 Å². The Hall–Kier alpha value is -1.92. The lowest BCUT2D eigenvalue weighted by molar-refractivity contribution is -0.121. The quantitative estimate of drug-likeness (QED) is 0.862. The first kappa shape index (κ1) is 17.4. The average molecular weight is 319 g/mol. The topological polar surface area (TPSA) is 70.7 Å². The Kier molecular flexibility index (Phi) is 6.12. The van der Waals surface area contributed by atoms with E-state index in [1.54, 1.807) is 7.11 Å². The molecule has 1 aliphatic heterocycles. The number of hydrogen-bond acceptors (Lipinski definition) is 4. The van der Waals surface area contributed by atoms with E-state index >= 15 is 0 Å². The summed E-state index contributed by atoms with van der Waals surface area (Å²) in [6, 6.07) is 7.83. The number of nitrogens with zero attached hydrogens (tertiary/aromatic N) is 1. The summed E-state index contributed by atoms with van der Waals surface area (Å²) in [4.78, 5) is 25.9. The van der Waals surface area contributed by atoms with Gasteiger partial charge in [0.15, 0.2) is 0 Å². The van der Waals surface area contributed by atoms with Crippen LogP contribution >= 0.6 is 0 Å². The van der Waals surface area contributed by atoms with Crippen LogP contribution in [0, 0.1) is 0 Å². The average Bonchev–Trinajstić information content (AvgIpc) is 2.50. The number of nitrogens with one attached hydrogen (secondary N) is 2. The number of urea groups is 1. The minimum absolute atomic E-state index is 0.145. The molecule has 3 amide bonds. The molecule has 23 heavy (non-hydrogen) atoms. The summed E-state index contributed by atoms with van der Waals surface area (Å²) in [6.07, 6.45) is 0.921. The lowest BCUT2D eigenvalue weighted by atomic mass is 9.94. The van der Waals surface area contributed by atoms with Gasteiger partial charge in [0.2, 0.25) is 5.91 Å². The summed E-state index contributed by atoms with van der Waals surface area (Å²) in [5, 5.41) is 5.04. The van der Waals surface area contributed by atoms with Crippen molar-refractivity contribution >= 4 is 11.9 Å². The van der Waals surface area contributed by atoms with E-state index in [0.717, 1.165) is 13.0 Å². The summed E-state index contributed by atoms with van der Waals surface area (Å²) in [5.74, 6) is -0.293. The minimum Gasteiger partial charge on any atom is -0.383 e. The lowest BCUT2D eigenvalue weighted by Crippen LogP contribution is -2.49. The molecule has 1 aromatic carbocycles. The van der Waals surface area contributed by atoms with Gasteiger partial charge in [0.1, 0.15) is 0 Å². The maximum atomic E-state index is 12.1. The molecule has 2 atom stereocenters. The summed E-state index contributed by atoms with van der Waals surface area (Å²) in [6.45, 7) is 5.33. The zero-order chi connectivity index (χ0) is 16.8. The highest BCUT2D eigenvalue weighted by atomic mass is 16.5. The molecule has 1 aliphatic rings. The Morgan fingerprint density at radius 3 is 2.87 bits per heavy atom. The van der Waals surface area contributed by atoms with Crippen LogP contribution in [0.2, 0.25) is 0 Å². The Morgan fingerprint density at radius 1 is 1.39 bits per heavy atom. The SMILES string of the molecule is COC[C@H](C)NC(=O)NC(=O)CN1CCc2ccccc2[C@@H]1C. The van der Waals surface area contributed by atoms with Gasteiger partial charge in [-0.25, -0.2) is 4.79 Å². The van der Waals surface area contributed by atoms with Gasteiger partial charge in [0, 0.05) is 19.7 Å². The van der Waals surface area contributed by atoms with E-state index < -0.39 is 6.03 Å². The van der Waals surface area contributed by atoms with Gasteiger partial charge in [-0.15, -0.1) is 0 Å². The molecular weight excluding hydrogens is 294 g/mol. The minimum atomic E-state index is -0.482. The third-order valence-corrected chi connectivity index (χ3v) is 4.12. The fourth-order valence-corrected chi connectivity index (χ4v) is 2.94. The zero-order valence-electron chi connectivity index (χ0n) is 14.0. The Labute approximate surface area is 137 Å². The van der Waals surface area contributed by atoms with Gasteiger partial charge in [-0.05, 0) is 31.4 Å². The summed E-state index contributed by atoms with van der Waals surface area (Å²) < 4.78 is 4.94. The number of methoxy groups -OCH3 is 1. The molecule has 0 radical (unpaired) electrons. The van der Waals surface area contributed by atoms with E-state index in [0.29, 0.717) is 6.61 Å². The number of fused-ring (bicyclic) bond motifs is 1. The second-order valence-electron chi connectivity index (χ2n) is 5.97. The normalized spacial score (nSPS) is 18.8. The maximum Gasteiger partial charge on any atom is 0.321 e. The van der Waals surface area contributed by atoms with Crippen molar-refractivity contribution in [1.82, 2.24) is 15.5 Å². The molecule has 2 rings (SSSR count). The first-order chi connectivity index (χ1) is 11.0. The predicted octanol–water partition coefficient (Wildman–Crippen LogP) is 1.47. The van der Waals surface area contributed by atoms with E-state index in [4.69, 9.17) is 4.74 Å². The van der Waals surface area contributed by atoms with E-state index in [2.05, 4.69) is 34.6 Å². The molecule has 126 valence electrons. The van der Waals surface area contributed by atoms with Gasteiger partial charge in [-0.3, -0.25) is 15.0 Å². The van der Waals surface area contributed by atoms with Crippen molar-refractivity contribution in [2.24, 2.45) is 0 Å². The molecule has 0 aromatic heterocycles. The van der Waals surface area contributed by atoms with Crippen LogP contribution in [0.25, 0.3) is 0 Å². The van der Waals surface area contributed by atoms with Crippen LogP contribution < -0.4 is 10.6 Å². The lowest BCUT2D eigenvalue weighted by Gasteiger charge is -2.34. The van der Waals surface area contributed by atoms with E-state index in [1.165, 1.54) is 11.1 Å². The summed E-state index contributed by atoms with van der Waals surface area (Å²) in [5.41, 5.74) is 2.59.